The van der Waals surface area contributed by atoms with E-state index in [0.717, 1.165) is 32.5 Å². The first-order valence-corrected chi connectivity index (χ1v) is 6.41. The molecule has 0 bridgehead atoms. The number of benzene rings is 1. The van der Waals surface area contributed by atoms with Crippen LogP contribution in [0.25, 0.3) is 0 Å². The van der Waals surface area contributed by atoms with Gasteiger partial charge in [0.2, 0.25) is 0 Å². The van der Waals surface area contributed by atoms with Crippen LogP contribution in [0.3, 0.4) is 0 Å². The van der Waals surface area contributed by atoms with Crippen LogP contribution in [-0.4, -0.2) is 32.0 Å². The summed E-state index contributed by atoms with van der Waals surface area (Å²) in [4.78, 5) is 14.4. The van der Waals surface area contributed by atoms with Crippen molar-refractivity contribution in [1.82, 2.24) is 5.32 Å². The van der Waals surface area contributed by atoms with Crippen molar-refractivity contribution in [3.05, 3.63) is 29.8 Å². The second-order valence-electron chi connectivity index (χ2n) is 4.96. The molecule has 3 rings (SSSR count). The summed E-state index contributed by atoms with van der Waals surface area (Å²) in [7, 11) is 0. The fraction of sp³-hybridized carbons (Fsp3) is 0.500. The third-order valence-electron chi connectivity index (χ3n) is 3.85. The molecule has 17 heavy (non-hydrogen) atoms. The average Bonchev–Trinajstić information content (AvgIpc) is 2.98. The van der Waals surface area contributed by atoms with E-state index in [1.807, 2.05) is 0 Å². The predicted octanol–water partition coefficient (Wildman–Crippen LogP) is 1.23. The Morgan fingerprint density at radius 2 is 2.29 bits per heavy atom. The Hall–Kier alpha value is -1.35. The molecule has 0 amide bonds. The third-order valence-corrected chi connectivity index (χ3v) is 3.85. The van der Waals surface area contributed by atoms with Gasteiger partial charge in [0.1, 0.15) is 0 Å². The van der Waals surface area contributed by atoms with Gasteiger partial charge in [-0.15, -0.1) is 0 Å². The quantitative estimate of drug-likeness (QED) is 0.847. The maximum atomic E-state index is 12.1. The van der Waals surface area contributed by atoms with Gasteiger partial charge in [0.15, 0.2) is 5.78 Å². The number of carbonyl (C=O) groups is 1. The maximum Gasteiger partial charge on any atom is 0.156 e. The van der Waals surface area contributed by atoms with Crippen molar-refractivity contribution in [3.63, 3.8) is 0 Å². The van der Waals surface area contributed by atoms with Crippen molar-refractivity contribution in [1.29, 1.82) is 0 Å². The van der Waals surface area contributed by atoms with Crippen LogP contribution < -0.4 is 10.2 Å². The number of nitrogens with one attached hydrogen (secondary N) is 1. The van der Waals surface area contributed by atoms with Gasteiger partial charge in [0.25, 0.3) is 0 Å². The van der Waals surface area contributed by atoms with E-state index in [-0.39, 0.29) is 5.92 Å². The Morgan fingerprint density at radius 3 is 3.12 bits per heavy atom. The van der Waals surface area contributed by atoms with Crippen molar-refractivity contribution >= 4 is 11.5 Å². The number of fused-ring (bicyclic) bond motifs is 1. The van der Waals surface area contributed by atoms with E-state index >= 15 is 0 Å². The lowest BCUT2D eigenvalue weighted by Gasteiger charge is -2.20. The van der Waals surface area contributed by atoms with E-state index in [1.165, 1.54) is 11.3 Å². The van der Waals surface area contributed by atoms with E-state index in [4.69, 9.17) is 0 Å². The van der Waals surface area contributed by atoms with Crippen molar-refractivity contribution in [2.24, 2.45) is 5.92 Å². The standard InChI is InChI=1S/C14H18N2O/c17-14(12-5-7-15-9-12)10-16-8-6-11-3-1-2-4-13(11)16/h1-4,12,15H,5-10H2. The highest BCUT2D eigenvalue weighted by Crippen LogP contribution is 2.27. The molecule has 2 aliphatic heterocycles. The molecule has 1 unspecified atom stereocenters. The lowest BCUT2D eigenvalue weighted by atomic mass is 10.0. The predicted molar refractivity (Wildman–Crippen MR) is 68.3 cm³/mol. The van der Waals surface area contributed by atoms with Gasteiger partial charge < -0.3 is 10.2 Å². The zero-order valence-electron chi connectivity index (χ0n) is 9.98. The smallest absolute Gasteiger partial charge is 0.156 e. The Balaban J connectivity index is 1.68. The first-order chi connectivity index (χ1) is 8.34. The van der Waals surface area contributed by atoms with Gasteiger partial charge in [0, 0.05) is 24.7 Å². The molecule has 1 fully saturated rings. The summed E-state index contributed by atoms with van der Waals surface area (Å²) in [6.45, 7) is 3.44. The highest BCUT2D eigenvalue weighted by molar-refractivity contribution is 5.86. The summed E-state index contributed by atoms with van der Waals surface area (Å²) in [6, 6.07) is 8.42. The third kappa shape index (κ3) is 2.07. The molecule has 3 heteroatoms. The van der Waals surface area contributed by atoms with Crippen LogP contribution in [0, 0.1) is 5.92 Å². The average molecular weight is 230 g/mol. The molecule has 1 aromatic rings. The molecule has 0 saturated carbocycles. The molecule has 90 valence electrons. The van der Waals surface area contributed by atoms with Gasteiger partial charge in [-0.3, -0.25) is 4.79 Å². The fourth-order valence-electron chi connectivity index (χ4n) is 2.82. The number of hydrogen-bond acceptors (Lipinski definition) is 3. The minimum absolute atomic E-state index is 0.239. The molecule has 1 atom stereocenters. The minimum Gasteiger partial charge on any atom is -0.364 e. The summed E-state index contributed by atoms with van der Waals surface area (Å²) >= 11 is 0. The fourth-order valence-corrected chi connectivity index (χ4v) is 2.82. The highest BCUT2D eigenvalue weighted by Gasteiger charge is 2.26. The molecule has 1 saturated heterocycles. The molecule has 0 aromatic heterocycles. The zero-order valence-corrected chi connectivity index (χ0v) is 9.98. The molecule has 0 radical (unpaired) electrons. The van der Waals surface area contributed by atoms with Gasteiger partial charge in [-0.05, 0) is 31.0 Å². The SMILES string of the molecule is O=C(CN1CCc2ccccc21)C1CCNC1. The molecule has 2 aliphatic rings. The molecule has 1 aromatic carbocycles. The van der Waals surface area contributed by atoms with Gasteiger partial charge in [-0.2, -0.15) is 0 Å². The minimum atomic E-state index is 0.239. The second-order valence-corrected chi connectivity index (χ2v) is 4.96. The summed E-state index contributed by atoms with van der Waals surface area (Å²) in [5, 5.41) is 3.26. The maximum absolute atomic E-state index is 12.1. The highest BCUT2D eigenvalue weighted by atomic mass is 16.1. The van der Waals surface area contributed by atoms with Crippen LogP contribution in [0.15, 0.2) is 24.3 Å². The van der Waals surface area contributed by atoms with E-state index in [0.29, 0.717) is 12.3 Å². The van der Waals surface area contributed by atoms with E-state index in [1.54, 1.807) is 0 Å². The van der Waals surface area contributed by atoms with Crippen molar-refractivity contribution in [2.45, 2.75) is 12.8 Å². The zero-order chi connectivity index (χ0) is 11.7. The normalized spacial score (nSPS) is 22.8. The van der Waals surface area contributed by atoms with Crippen molar-refractivity contribution in [3.8, 4) is 0 Å². The number of carbonyl (C=O) groups excluding carboxylic acids is 1. The number of rotatable bonds is 3. The lowest BCUT2D eigenvalue weighted by molar-refractivity contribution is -0.120. The van der Waals surface area contributed by atoms with Crippen LogP contribution in [-0.2, 0) is 11.2 Å². The number of nitrogens with zero attached hydrogens (tertiary/aromatic N) is 1. The molecule has 3 nitrogen and oxygen atoms in total. The van der Waals surface area contributed by atoms with Gasteiger partial charge in [0.05, 0.1) is 6.54 Å². The summed E-state index contributed by atoms with van der Waals surface area (Å²) in [6.07, 6.45) is 2.08. The first kappa shape index (κ1) is 10.8. The van der Waals surface area contributed by atoms with Crippen LogP contribution in [0.4, 0.5) is 5.69 Å². The van der Waals surface area contributed by atoms with Crippen LogP contribution >= 0.6 is 0 Å². The Labute approximate surface area is 102 Å². The molecule has 2 heterocycles. The van der Waals surface area contributed by atoms with Crippen LogP contribution in [0.5, 0.6) is 0 Å². The Morgan fingerprint density at radius 1 is 1.41 bits per heavy atom. The molecule has 0 spiro atoms. The number of anilines is 1. The molecule has 1 N–H and O–H groups in total. The summed E-state index contributed by atoms with van der Waals surface area (Å²) < 4.78 is 0. The summed E-state index contributed by atoms with van der Waals surface area (Å²) in [5.41, 5.74) is 2.64. The van der Waals surface area contributed by atoms with E-state index in [2.05, 4.69) is 34.5 Å². The number of para-hydroxylation sites is 1. The second kappa shape index (κ2) is 4.49. The van der Waals surface area contributed by atoms with Gasteiger partial charge in [-0.1, -0.05) is 18.2 Å². The number of hydrogen-bond donors (Lipinski definition) is 1. The largest absolute Gasteiger partial charge is 0.364 e. The Bertz CT molecular complexity index is 424. The van der Waals surface area contributed by atoms with E-state index in [9.17, 15) is 4.79 Å². The van der Waals surface area contributed by atoms with Gasteiger partial charge >= 0.3 is 0 Å². The topological polar surface area (TPSA) is 32.3 Å². The lowest BCUT2D eigenvalue weighted by Crippen LogP contribution is -2.32. The van der Waals surface area contributed by atoms with Gasteiger partial charge in [-0.25, -0.2) is 0 Å². The number of Topliss-reactive ketones (excluding diaryl/α,β-unsaturated/α-hetero) is 1. The van der Waals surface area contributed by atoms with Crippen molar-refractivity contribution in [2.75, 3.05) is 31.1 Å². The monoisotopic (exact) mass is 230 g/mol. The molecular weight excluding hydrogens is 212 g/mol. The van der Waals surface area contributed by atoms with Crippen molar-refractivity contribution < 1.29 is 4.79 Å². The molecular formula is C14H18N2O. The van der Waals surface area contributed by atoms with E-state index < -0.39 is 0 Å². The van der Waals surface area contributed by atoms with Crippen LogP contribution in [0.2, 0.25) is 0 Å². The summed E-state index contributed by atoms with van der Waals surface area (Å²) in [5.74, 6) is 0.634. The first-order valence-electron chi connectivity index (χ1n) is 6.41. The Kier molecular flexibility index (Phi) is 2.85. The molecule has 0 aliphatic carbocycles. The van der Waals surface area contributed by atoms with Crippen LogP contribution in [0.1, 0.15) is 12.0 Å². The number of ketones is 1.